The predicted molar refractivity (Wildman–Crippen MR) is 151 cm³/mol. The van der Waals surface area contributed by atoms with Crippen molar-refractivity contribution in [3.63, 3.8) is 0 Å². The van der Waals surface area contributed by atoms with Crippen LogP contribution in [0.4, 0.5) is 14.5 Å². The van der Waals surface area contributed by atoms with E-state index in [9.17, 15) is 24.2 Å². The van der Waals surface area contributed by atoms with Crippen molar-refractivity contribution in [2.45, 2.75) is 63.5 Å². The highest BCUT2D eigenvalue weighted by atomic mass is 35.5. The Morgan fingerprint density at radius 3 is 2.42 bits per heavy atom. The molecule has 0 bridgehead atoms. The van der Waals surface area contributed by atoms with Gasteiger partial charge in [0.25, 0.3) is 0 Å². The molecular formula is C29H35Cl2F2N3O4. The van der Waals surface area contributed by atoms with Gasteiger partial charge in [-0.2, -0.15) is 0 Å². The summed E-state index contributed by atoms with van der Waals surface area (Å²) in [5.74, 6) is -3.78. The van der Waals surface area contributed by atoms with Crippen molar-refractivity contribution in [1.82, 2.24) is 10.6 Å². The monoisotopic (exact) mass is 597 g/mol. The summed E-state index contributed by atoms with van der Waals surface area (Å²) in [6.45, 7) is 5.88. The number of rotatable bonds is 9. The largest absolute Gasteiger partial charge is 0.396 e. The summed E-state index contributed by atoms with van der Waals surface area (Å²) in [5.41, 5.74) is -1.26. The lowest BCUT2D eigenvalue weighted by atomic mass is 9.62. The number of amides is 2. The van der Waals surface area contributed by atoms with Gasteiger partial charge in [0.1, 0.15) is 17.0 Å². The molecule has 1 saturated heterocycles. The number of benzene rings is 2. The van der Waals surface area contributed by atoms with E-state index in [4.69, 9.17) is 23.2 Å². The maximum absolute atomic E-state index is 15.8. The maximum atomic E-state index is 15.8. The summed E-state index contributed by atoms with van der Waals surface area (Å²) >= 11 is 12.3. The smallest absolute Gasteiger partial charge is 0.237 e. The van der Waals surface area contributed by atoms with Crippen LogP contribution in [0, 0.1) is 23.0 Å². The molecule has 0 radical (unpaired) electrons. The van der Waals surface area contributed by atoms with Crippen LogP contribution >= 0.6 is 23.2 Å². The SMILES string of the molecule is CC(C)(C)C[C@H]1N[C@@H](C(=O)NCC(CCO)CCO)[C@H](c2cccc(Cl)c2F)[C@@]12C(=O)Nc1cc(Cl)c(F)cc12. The molecule has 2 aliphatic rings. The molecule has 40 heavy (non-hydrogen) atoms. The van der Waals surface area contributed by atoms with Crippen molar-refractivity contribution in [3.05, 3.63) is 63.1 Å². The van der Waals surface area contributed by atoms with E-state index in [2.05, 4.69) is 16.0 Å². The lowest BCUT2D eigenvalue weighted by Crippen LogP contribution is -2.49. The zero-order valence-corrected chi connectivity index (χ0v) is 24.2. The van der Waals surface area contributed by atoms with Gasteiger partial charge in [-0.3, -0.25) is 9.59 Å². The number of nitrogens with one attached hydrogen (secondary N) is 3. The van der Waals surface area contributed by atoms with E-state index >= 15 is 4.39 Å². The fourth-order valence-electron chi connectivity index (χ4n) is 6.23. The minimum absolute atomic E-state index is 0.0529. The van der Waals surface area contributed by atoms with Gasteiger partial charge in [0, 0.05) is 37.4 Å². The van der Waals surface area contributed by atoms with E-state index in [0.717, 1.165) is 0 Å². The molecule has 2 amide bonds. The van der Waals surface area contributed by atoms with Gasteiger partial charge in [0.15, 0.2) is 0 Å². The highest BCUT2D eigenvalue weighted by Crippen LogP contribution is 2.57. The Morgan fingerprint density at radius 1 is 1.12 bits per heavy atom. The van der Waals surface area contributed by atoms with Gasteiger partial charge in [0.2, 0.25) is 11.8 Å². The third-order valence-corrected chi connectivity index (χ3v) is 8.52. The maximum Gasteiger partial charge on any atom is 0.237 e. The molecule has 5 N–H and O–H groups in total. The molecular weight excluding hydrogens is 563 g/mol. The summed E-state index contributed by atoms with van der Waals surface area (Å²) in [6.07, 6.45) is 1.14. The van der Waals surface area contributed by atoms with Gasteiger partial charge in [-0.05, 0) is 59.9 Å². The lowest BCUT2D eigenvalue weighted by Gasteiger charge is -2.37. The van der Waals surface area contributed by atoms with Crippen LogP contribution in [-0.2, 0) is 15.0 Å². The summed E-state index contributed by atoms with van der Waals surface area (Å²) in [5, 5.41) is 27.5. The number of hydrogen-bond acceptors (Lipinski definition) is 5. The quantitative estimate of drug-likeness (QED) is 0.292. The van der Waals surface area contributed by atoms with E-state index in [1.807, 2.05) is 20.8 Å². The van der Waals surface area contributed by atoms with Crippen LogP contribution < -0.4 is 16.0 Å². The summed E-state index contributed by atoms with van der Waals surface area (Å²) in [6, 6.07) is 5.16. The molecule has 2 aromatic carbocycles. The first-order valence-corrected chi connectivity index (χ1v) is 14.1. The lowest BCUT2D eigenvalue weighted by molar-refractivity contribution is -0.124. The number of aliphatic hydroxyl groups excluding tert-OH is 2. The van der Waals surface area contributed by atoms with Gasteiger partial charge < -0.3 is 26.2 Å². The minimum atomic E-state index is -1.57. The Balaban J connectivity index is 1.90. The molecule has 2 aliphatic heterocycles. The van der Waals surface area contributed by atoms with Crippen LogP contribution in [0.1, 0.15) is 57.1 Å². The second-order valence-corrected chi connectivity index (χ2v) is 12.7. The number of fused-ring (bicyclic) bond motifs is 2. The molecule has 4 atom stereocenters. The van der Waals surface area contributed by atoms with Gasteiger partial charge >= 0.3 is 0 Å². The average Bonchev–Trinajstić information content (AvgIpc) is 3.34. The van der Waals surface area contributed by atoms with Crippen molar-refractivity contribution in [3.8, 4) is 0 Å². The Bertz CT molecular complexity index is 1280. The zero-order chi connectivity index (χ0) is 29.4. The Hall–Kier alpha value is -2.30. The third kappa shape index (κ3) is 5.59. The second kappa shape index (κ2) is 11.9. The normalized spacial score (nSPS) is 24.1. The van der Waals surface area contributed by atoms with Crippen LogP contribution in [0.25, 0.3) is 0 Å². The molecule has 218 valence electrons. The van der Waals surface area contributed by atoms with E-state index in [0.29, 0.717) is 30.5 Å². The van der Waals surface area contributed by atoms with Crippen LogP contribution in [-0.4, -0.2) is 53.9 Å². The Labute approximate surface area is 242 Å². The molecule has 2 heterocycles. The molecule has 11 heteroatoms. The van der Waals surface area contributed by atoms with Gasteiger partial charge in [0.05, 0.1) is 16.1 Å². The topological polar surface area (TPSA) is 111 Å². The first-order valence-electron chi connectivity index (χ1n) is 13.4. The number of carbonyl (C=O) groups is 2. The molecule has 0 unspecified atom stereocenters. The average molecular weight is 599 g/mol. The van der Waals surface area contributed by atoms with Crippen molar-refractivity contribution >= 4 is 40.7 Å². The molecule has 1 spiro atoms. The highest BCUT2D eigenvalue weighted by Gasteiger charge is 2.66. The number of anilines is 1. The van der Waals surface area contributed by atoms with E-state index in [1.165, 1.54) is 24.3 Å². The molecule has 1 fully saturated rings. The van der Waals surface area contributed by atoms with Crippen LogP contribution in [0.2, 0.25) is 10.0 Å². The minimum Gasteiger partial charge on any atom is -0.396 e. The first-order chi connectivity index (χ1) is 18.8. The summed E-state index contributed by atoms with van der Waals surface area (Å²) < 4.78 is 30.8. The highest BCUT2D eigenvalue weighted by molar-refractivity contribution is 6.31. The Kier molecular flexibility index (Phi) is 9.12. The summed E-state index contributed by atoms with van der Waals surface area (Å²) in [7, 11) is 0. The number of hydrogen-bond donors (Lipinski definition) is 5. The number of aliphatic hydroxyl groups is 2. The second-order valence-electron chi connectivity index (χ2n) is 11.9. The summed E-state index contributed by atoms with van der Waals surface area (Å²) in [4.78, 5) is 27.9. The van der Waals surface area contributed by atoms with Gasteiger partial charge in [-0.1, -0.05) is 56.1 Å². The van der Waals surface area contributed by atoms with Gasteiger partial charge in [-0.25, -0.2) is 8.78 Å². The first kappa shape index (κ1) is 30.7. The van der Waals surface area contributed by atoms with Crippen LogP contribution in [0.15, 0.2) is 30.3 Å². The predicted octanol–water partition coefficient (Wildman–Crippen LogP) is 4.52. The third-order valence-electron chi connectivity index (χ3n) is 7.94. The van der Waals surface area contributed by atoms with Crippen LogP contribution in [0.3, 0.4) is 0 Å². The molecule has 7 nitrogen and oxygen atoms in total. The molecule has 0 saturated carbocycles. The van der Waals surface area contributed by atoms with Crippen molar-refractivity contribution in [2.24, 2.45) is 11.3 Å². The fraction of sp³-hybridized carbons (Fsp3) is 0.517. The van der Waals surface area contributed by atoms with E-state index < -0.39 is 46.9 Å². The fourth-order valence-corrected chi connectivity index (χ4v) is 6.58. The molecule has 0 aromatic heterocycles. The van der Waals surface area contributed by atoms with E-state index in [-0.39, 0.29) is 46.7 Å². The molecule has 0 aliphatic carbocycles. The van der Waals surface area contributed by atoms with E-state index in [1.54, 1.807) is 6.07 Å². The molecule has 2 aromatic rings. The Morgan fingerprint density at radius 2 is 1.80 bits per heavy atom. The van der Waals surface area contributed by atoms with Crippen molar-refractivity contribution in [1.29, 1.82) is 0 Å². The number of halogens is 4. The molecule has 4 rings (SSSR count). The van der Waals surface area contributed by atoms with Gasteiger partial charge in [-0.15, -0.1) is 0 Å². The van der Waals surface area contributed by atoms with Crippen molar-refractivity contribution in [2.75, 3.05) is 25.1 Å². The number of carbonyl (C=O) groups excluding carboxylic acids is 2. The zero-order valence-electron chi connectivity index (χ0n) is 22.7. The standard InChI is InChI=1S/C29H35Cl2F2N3O4/c1-28(2,3)13-22-29(17-11-20(32)19(31)12-21(17)35-27(29)40)23(16-5-4-6-18(30)24(16)33)25(36-22)26(39)34-14-15(7-9-37)8-10-38/h4-6,11-12,15,22-23,25,36-38H,7-10,13-14H2,1-3H3,(H,34,39)(H,35,40)/t22-,23+,25-,29+/m1/s1. The van der Waals surface area contributed by atoms with Crippen molar-refractivity contribution < 1.29 is 28.6 Å². The van der Waals surface area contributed by atoms with Crippen LogP contribution in [0.5, 0.6) is 0 Å².